The van der Waals surface area contributed by atoms with E-state index in [1.807, 2.05) is 12.1 Å². The lowest BCUT2D eigenvalue weighted by Gasteiger charge is -2.12. The average Bonchev–Trinajstić information content (AvgIpc) is 3.26. The monoisotopic (exact) mass is 687 g/mol. The molecule has 0 spiro atoms. The van der Waals surface area contributed by atoms with Crippen molar-refractivity contribution >= 4 is 32.3 Å². The Kier molecular flexibility index (Phi) is 7.81. The third-order valence-corrected chi connectivity index (χ3v) is 10.3. The van der Waals surface area contributed by atoms with Crippen molar-refractivity contribution in [2.24, 2.45) is 0 Å². The van der Waals surface area contributed by atoms with Crippen molar-refractivity contribution in [2.45, 2.75) is 0 Å². The van der Waals surface area contributed by atoms with Crippen LogP contribution in [0.25, 0.3) is 99.9 Å². The zero-order valence-corrected chi connectivity index (χ0v) is 29.4. The summed E-state index contributed by atoms with van der Waals surface area (Å²) < 4.78 is 0. The molecule has 10 rings (SSSR count). The molecule has 0 aliphatic rings. The molecule has 0 saturated carbocycles. The minimum Gasteiger partial charge on any atom is -0.208 e. The number of hydrogen-bond acceptors (Lipinski definition) is 3. The average molecular weight is 688 g/mol. The van der Waals surface area contributed by atoms with E-state index in [1.54, 1.807) is 0 Å². The van der Waals surface area contributed by atoms with E-state index in [0.717, 1.165) is 33.0 Å². The first-order valence-electron chi connectivity index (χ1n) is 18.3. The van der Waals surface area contributed by atoms with Crippen LogP contribution in [0.15, 0.2) is 200 Å². The van der Waals surface area contributed by atoms with Gasteiger partial charge in [-0.15, -0.1) is 0 Å². The summed E-state index contributed by atoms with van der Waals surface area (Å²) in [6.45, 7) is 0. The van der Waals surface area contributed by atoms with Crippen molar-refractivity contribution in [3.8, 4) is 67.5 Å². The van der Waals surface area contributed by atoms with E-state index >= 15 is 0 Å². The first-order valence-corrected chi connectivity index (χ1v) is 18.3. The van der Waals surface area contributed by atoms with E-state index in [-0.39, 0.29) is 0 Å². The van der Waals surface area contributed by atoms with E-state index in [2.05, 4.69) is 188 Å². The van der Waals surface area contributed by atoms with Crippen molar-refractivity contribution in [3.63, 3.8) is 0 Å². The molecule has 0 unspecified atom stereocenters. The predicted octanol–water partition coefficient (Wildman–Crippen LogP) is 13.3. The molecule has 3 nitrogen and oxygen atoms in total. The van der Waals surface area contributed by atoms with Gasteiger partial charge in [-0.05, 0) is 96.0 Å². The molecule has 0 aliphatic heterocycles. The molecule has 0 fully saturated rings. The summed E-state index contributed by atoms with van der Waals surface area (Å²) in [5.41, 5.74) is 9.87. The lowest BCUT2D eigenvalue weighted by molar-refractivity contribution is 1.08. The van der Waals surface area contributed by atoms with Crippen molar-refractivity contribution in [2.75, 3.05) is 0 Å². The van der Waals surface area contributed by atoms with Crippen LogP contribution in [-0.4, -0.2) is 15.0 Å². The Morgan fingerprint density at radius 2 is 0.648 bits per heavy atom. The maximum Gasteiger partial charge on any atom is 0.164 e. The molecule has 10 aromatic rings. The molecule has 3 heteroatoms. The molecule has 0 aliphatic carbocycles. The molecule has 9 aromatic carbocycles. The number of rotatable bonds is 6. The third-order valence-electron chi connectivity index (χ3n) is 10.3. The van der Waals surface area contributed by atoms with Gasteiger partial charge in [0.2, 0.25) is 0 Å². The van der Waals surface area contributed by atoms with Gasteiger partial charge >= 0.3 is 0 Å². The number of aromatic nitrogens is 3. The van der Waals surface area contributed by atoms with E-state index in [1.165, 1.54) is 49.4 Å². The van der Waals surface area contributed by atoms with Crippen LogP contribution >= 0.6 is 0 Å². The fraction of sp³-hybridized carbons (Fsp3) is 0. The minimum absolute atomic E-state index is 0.634. The lowest BCUT2D eigenvalue weighted by Crippen LogP contribution is -2.00. The van der Waals surface area contributed by atoms with Gasteiger partial charge in [-0.25, -0.2) is 15.0 Å². The van der Waals surface area contributed by atoms with Gasteiger partial charge in [-0.3, -0.25) is 0 Å². The summed E-state index contributed by atoms with van der Waals surface area (Å²) in [6.07, 6.45) is 0. The molecule has 1 aromatic heterocycles. The van der Waals surface area contributed by atoms with Crippen LogP contribution in [-0.2, 0) is 0 Å². The van der Waals surface area contributed by atoms with E-state index in [4.69, 9.17) is 15.0 Å². The minimum atomic E-state index is 0.634. The van der Waals surface area contributed by atoms with Crippen molar-refractivity contribution in [1.29, 1.82) is 0 Å². The molecule has 54 heavy (non-hydrogen) atoms. The highest BCUT2D eigenvalue weighted by Crippen LogP contribution is 2.34. The fourth-order valence-corrected chi connectivity index (χ4v) is 7.46. The van der Waals surface area contributed by atoms with Crippen molar-refractivity contribution < 1.29 is 0 Å². The van der Waals surface area contributed by atoms with E-state index in [9.17, 15) is 0 Å². The second-order valence-electron chi connectivity index (χ2n) is 13.7. The molecule has 1 heterocycles. The molecule has 0 radical (unpaired) electrons. The van der Waals surface area contributed by atoms with Crippen LogP contribution < -0.4 is 0 Å². The Hall–Kier alpha value is -7.23. The van der Waals surface area contributed by atoms with Gasteiger partial charge in [0.1, 0.15) is 0 Å². The third kappa shape index (κ3) is 5.98. The smallest absolute Gasteiger partial charge is 0.164 e. The molecular formula is C51H33N3. The molecule has 0 saturated heterocycles. The highest BCUT2D eigenvalue weighted by atomic mass is 15.0. The largest absolute Gasteiger partial charge is 0.208 e. The molecule has 0 atom stereocenters. The standard InChI is InChI=1S/C51H33N3/c1-3-11-34(12-4-1)38-24-25-41-30-44(28-26-40(41)29-38)50-52-49(43-18-9-17-42(32-43)48-20-10-16-37-15-7-8-19-47(37)48)53-51(54-50)45-27-22-36-21-23-39(31-46(36)33-45)35-13-5-2-6-14-35/h1-33H. The summed E-state index contributed by atoms with van der Waals surface area (Å²) in [6, 6.07) is 70.7. The van der Waals surface area contributed by atoms with Gasteiger partial charge in [-0.2, -0.15) is 0 Å². The second kappa shape index (κ2) is 13.4. The van der Waals surface area contributed by atoms with Crippen LogP contribution in [0.2, 0.25) is 0 Å². The highest BCUT2D eigenvalue weighted by Gasteiger charge is 2.15. The van der Waals surface area contributed by atoms with Crippen molar-refractivity contribution in [1.82, 2.24) is 15.0 Å². The fourth-order valence-electron chi connectivity index (χ4n) is 7.46. The first kappa shape index (κ1) is 31.5. The Morgan fingerprint density at radius 3 is 1.30 bits per heavy atom. The zero-order chi connectivity index (χ0) is 35.8. The number of fused-ring (bicyclic) bond motifs is 3. The van der Waals surface area contributed by atoms with Gasteiger partial charge in [0.05, 0.1) is 0 Å². The van der Waals surface area contributed by atoms with Crippen molar-refractivity contribution in [3.05, 3.63) is 200 Å². The summed E-state index contributed by atoms with van der Waals surface area (Å²) >= 11 is 0. The maximum atomic E-state index is 5.17. The SMILES string of the molecule is c1ccc(-c2ccc3cc(-c4nc(-c5cccc(-c6cccc7ccccc67)c5)nc(-c5ccc6ccc(-c7ccccc7)cc6c5)n4)ccc3c2)cc1. The van der Waals surface area contributed by atoms with Crippen LogP contribution in [0, 0.1) is 0 Å². The zero-order valence-electron chi connectivity index (χ0n) is 29.4. The Bertz CT molecular complexity index is 2980. The quantitative estimate of drug-likeness (QED) is 0.175. The Morgan fingerprint density at radius 1 is 0.222 bits per heavy atom. The molecule has 0 N–H and O–H groups in total. The maximum absolute atomic E-state index is 5.17. The van der Waals surface area contributed by atoms with Crippen LogP contribution in [0.3, 0.4) is 0 Å². The first-order chi connectivity index (χ1) is 26.7. The molecule has 0 amide bonds. The highest BCUT2D eigenvalue weighted by molar-refractivity contribution is 5.97. The van der Waals surface area contributed by atoms with Gasteiger partial charge in [0.15, 0.2) is 17.5 Å². The van der Waals surface area contributed by atoms with Gasteiger partial charge in [0.25, 0.3) is 0 Å². The molecular weight excluding hydrogens is 655 g/mol. The molecule has 252 valence electrons. The van der Waals surface area contributed by atoms with Gasteiger partial charge in [-0.1, -0.05) is 170 Å². The Labute approximate surface area is 313 Å². The summed E-state index contributed by atoms with van der Waals surface area (Å²) in [7, 11) is 0. The van der Waals surface area contributed by atoms with E-state index < -0.39 is 0 Å². The number of nitrogens with zero attached hydrogens (tertiary/aromatic N) is 3. The van der Waals surface area contributed by atoms with Gasteiger partial charge < -0.3 is 0 Å². The van der Waals surface area contributed by atoms with Gasteiger partial charge in [0, 0.05) is 16.7 Å². The van der Waals surface area contributed by atoms with Crippen LogP contribution in [0.1, 0.15) is 0 Å². The Balaban J connectivity index is 1.12. The van der Waals surface area contributed by atoms with E-state index in [0.29, 0.717) is 17.5 Å². The summed E-state index contributed by atoms with van der Waals surface area (Å²) in [5, 5.41) is 7.03. The number of benzene rings is 9. The lowest BCUT2D eigenvalue weighted by atomic mass is 9.97. The van der Waals surface area contributed by atoms with Crippen LogP contribution in [0.5, 0.6) is 0 Å². The summed E-state index contributed by atoms with van der Waals surface area (Å²) in [5.74, 6) is 1.91. The summed E-state index contributed by atoms with van der Waals surface area (Å²) in [4.78, 5) is 15.5. The number of hydrogen-bond donors (Lipinski definition) is 0. The normalized spacial score (nSPS) is 11.3. The van der Waals surface area contributed by atoms with Crippen LogP contribution in [0.4, 0.5) is 0 Å². The predicted molar refractivity (Wildman–Crippen MR) is 225 cm³/mol. The topological polar surface area (TPSA) is 38.7 Å². The molecule has 0 bridgehead atoms. The second-order valence-corrected chi connectivity index (χ2v) is 13.7.